The number of rotatable bonds is 2. The van der Waals surface area contributed by atoms with E-state index in [-0.39, 0.29) is 6.61 Å². The second kappa shape index (κ2) is 3.64. The van der Waals surface area contributed by atoms with E-state index in [2.05, 4.69) is 5.10 Å². The van der Waals surface area contributed by atoms with Crippen molar-refractivity contribution >= 4 is 0 Å². The summed E-state index contributed by atoms with van der Waals surface area (Å²) in [4.78, 5) is 0. The van der Waals surface area contributed by atoms with Crippen LogP contribution in [0.25, 0.3) is 11.1 Å². The zero-order chi connectivity index (χ0) is 9.97. The number of nitrogens with zero attached hydrogens (tertiary/aromatic N) is 2. The smallest absolute Gasteiger partial charge is 0.0681 e. The number of hydrogen-bond donors (Lipinski definition) is 1. The van der Waals surface area contributed by atoms with Gasteiger partial charge in [-0.2, -0.15) is 5.10 Å². The van der Waals surface area contributed by atoms with Crippen LogP contribution >= 0.6 is 0 Å². The maximum absolute atomic E-state index is 8.89. The van der Waals surface area contributed by atoms with E-state index < -0.39 is 0 Å². The van der Waals surface area contributed by atoms with E-state index >= 15 is 0 Å². The Bertz CT molecular complexity index is 417. The van der Waals surface area contributed by atoms with Crippen LogP contribution in [0.3, 0.4) is 0 Å². The molecule has 2 rings (SSSR count). The van der Waals surface area contributed by atoms with Gasteiger partial charge >= 0.3 is 0 Å². The molecule has 0 bridgehead atoms. The molecular formula is C11H12N2O. The normalized spacial score (nSPS) is 10.4. The first-order valence-corrected chi connectivity index (χ1v) is 4.48. The maximum Gasteiger partial charge on any atom is 0.0681 e. The highest BCUT2D eigenvalue weighted by atomic mass is 16.3. The molecule has 0 fully saturated rings. The highest BCUT2D eigenvalue weighted by Gasteiger charge is 1.99. The van der Waals surface area contributed by atoms with E-state index in [9.17, 15) is 0 Å². The monoisotopic (exact) mass is 188 g/mol. The zero-order valence-corrected chi connectivity index (χ0v) is 8.01. The van der Waals surface area contributed by atoms with Gasteiger partial charge in [0.15, 0.2) is 0 Å². The van der Waals surface area contributed by atoms with Crippen LogP contribution in [-0.4, -0.2) is 14.9 Å². The highest BCUT2D eigenvalue weighted by molar-refractivity contribution is 5.61. The van der Waals surface area contributed by atoms with Gasteiger partial charge in [0.05, 0.1) is 12.8 Å². The average Bonchev–Trinajstić information content (AvgIpc) is 2.65. The Kier molecular flexibility index (Phi) is 2.33. The average molecular weight is 188 g/mol. The number of benzene rings is 1. The molecule has 0 radical (unpaired) electrons. The molecule has 0 aliphatic heterocycles. The minimum absolute atomic E-state index is 0.0906. The van der Waals surface area contributed by atoms with Crippen molar-refractivity contribution in [2.75, 3.05) is 0 Å². The lowest BCUT2D eigenvalue weighted by Gasteiger charge is -1.98. The summed E-state index contributed by atoms with van der Waals surface area (Å²) in [6, 6.07) is 7.82. The predicted molar refractivity (Wildman–Crippen MR) is 54.6 cm³/mol. The Balaban J connectivity index is 2.33. The lowest BCUT2D eigenvalue weighted by Crippen LogP contribution is -1.84. The number of aliphatic hydroxyl groups excluding tert-OH is 1. The first-order chi connectivity index (χ1) is 6.79. The molecule has 1 N–H and O–H groups in total. The van der Waals surface area contributed by atoms with Gasteiger partial charge in [0.25, 0.3) is 0 Å². The van der Waals surface area contributed by atoms with Crippen molar-refractivity contribution in [3.05, 3.63) is 42.2 Å². The van der Waals surface area contributed by atoms with E-state index in [1.165, 1.54) is 0 Å². The van der Waals surface area contributed by atoms with Crippen molar-refractivity contribution in [2.45, 2.75) is 6.61 Å². The molecule has 72 valence electrons. The summed E-state index contributed by atoms with van der Waals surface area (Å²) in [5.41, 5.74) is 3.14. The van der Waals surface area contributed by atoms with Crippen LogP contribution in [0.1, 0.15) is 5.56 Å². The third-order valence-corrected chi connectivity index (χ3v) is 2.17. The third kappa shape index (κ3) is 1.67. The van der Waals surface area contributed by atoms with Crippen LogP contribution < -0.4 is 0 Å². The molecule has 0 amide bonds. The van der Waals surface area contributed by atoms with Gasteiger partial charge in [0, 0.05) is 18.8 Å². The Morgan fingerprint density at radius 3 is 2.43 bits per heavy atom. The van der Waals surface area contributed by atoms with Gasteiger partial charge < -0.3 is 5.11 Å². The van der Waals surface area contributed by atoms with Gasteiger partial charge in [0.1, 0.15) is 0 Å². The van der Waals surface area contributed by atoms with Crippen molar-refractivity contribution < 1.29 is 5.11 Å². The molecule has 0 aliphatic rings. The van der Waals surface area contributed by atoms with Crippen molar-refractivity contribution in [1.82, 2.24) is 9.78 Å². The van der Waals surface area contributed by atoms with Crippen molar-refractivity contribution in [1.29, 1.82) is 0 Å². The van der Waals surface area contributed by atoms with Gasteiger partial charge in [-0.05, 0) is 11.1 Å². The number of hydrogen-bond acceptors (Lipinski definition) is 2. The van der Waals surface area contributed by atoms with Crippen molar-refractivity contribution in [2.24, 2.45) is 7.05 Å². The van der Waals surface area contributed by atoms with Crippen LogP contribution in [0.15, 0.2) is 36.7 Å². The summed E-state index contributed by atoms with van der Waals surface area (Å²) < 4.78 is 1.77. The summed E-state index contributed by atoms with van der Waals surface area (Å²) in [5.74, 6) is 0. The lowest BCUT2D eigenvalue weighted by molar-refractivity contribution is 0.282. The number of aromatic nitrogens is 2. The molecule has 14 heavy (non-hydrogen) atoms. The molecular weight excluding hydrogens is 176 g/mol. The summed E-state index contributed by atoms with van der Waals surface area (Å²) in [5, 5.41) is 13.0. The van der Waals surface area contributed by atoms with Crippen molar-refractivity contribution in [3.8, 4) is 11.1 Å². The standard InChI is InChI=1S/C11H12N2O/c1-13-7-11(6-12-13)10-4-2-9(8-14)3-5-10/h2-7,14H,8H2,1H3. The van der Waals surface area contributed by atoms with Gasteiger partial charge in [0.2, 0.25) is 0 Å². The van der Waals surface area contributed by atoms with Gasteiger partial charge in [-0.3, -0.25) is 4.68 Å². The van der Waals surface area contributed by atoms with Crippen LogP contribution in [0.4, 0.5) is 0 Å². The van der Waals surface area contributed by atoms with Gasteiger partial charge in [-0.15, -0.1) is 0 Å². The quantitative estimate of drug-likeness (QED) is 0.777. The fourth-order valence-electron chi connectivity index (χ4n) is 1.37. The number of aliphatic hydroxyl groups is 1. The predicted octanol–water partition coefficient (Wildman–Crippen LogP) is 1.58. The first-order valence-electron chi connectivity index (χ1n) is 4.48. The van der Waals surface area contributed by atoms with E-state index in [4.69, 9.17) is 5.11 Å². The highest BCUT2D eigenvalue weighted by Crippen LogP contribution is 2.18. The summed E-state index contributed by atoms with van der Waals surface area (Å²) >= 11 is 0. The minimum Gasteiger partial charge on any atom is -0.392 e. The summed E-state index contributed by atoms with van der Waals surface area (Å²) in [7, 11) is 1.89. The molecule has 3 heteroatoms. The Morgan fingerprint density at radius 2 is 1.93 bits per heavy atom. The summed E-state index contributed by atoms with van der Waals surface area (Å²) in [6.07, 6.45) is 3.79. The molecule has 1 aromatic carbocycles. The molecule has 0 saturated heterocycles. The van der Waals surface area contributed by atoms with Crippen LogP contribution in [0, 0.1) is 0 Å². The Morgan fingerprint density at radius 1 is 1.21 bits per heavy atom. The van der Waals surface area contributed by atoms with Crippen LogP contribution in [-0.2, 0) is 13.7 Å². The van der Waals surface area contributed by atoms with Gasteiger partial charge in [-0.1, -0.05) is 24.3 Å². The molecule has 0 aliphatic carbocycles. The largest absolute Gasteiger partial charge is 0.392 e. The lowest BCUT2D eigenvalue weighted by atomic mass is 10.1. The fourth-order valence-corrected chi connectivity index (χ4v) is 1.37. The van der Waals surface area contributed by atoms with E-state index in [0.29, 0.717) is 0 Å². The molecule has 0 unspecified atom stereocenters. The molecule has 2 aromatic rings. The Hall–Kier alpha value is -1.61. The van der Waals surface area contributed by atoms with Gasteiger partial charge in [-0.25, -0.2) is 0 Å². The molecule has 0 atom stereocenters. The third-order valence-electron chi connectivity index (χ3n) is 2.17. The zero-order valence-electron chi connectivity index (χ0n) is 8.01. The van der Waals surface area contributed by atoms with E-state index in [1.54, 1.807) is 4.68 Å². The van der Waals surface area contributed by atoms with E-state index in [0.717, 1.165) is 16.7 Å². The van der Waals surface area contributed by atoms with E-state index in [1.807, 2.05) is 43.7 Å². The molecule has 0 saturated carbocycles. The summed E-state index contributed by atoms with van der Waals surface area (Å²) in [6.45, 7) is 0.0906. The molecule has 0 spiro atoms. The minimum atomic E-state index is 0.0906. The molecule has 1 aromatic heterocycles. The van der Waals surface area contributed by atoms with Crippen molar-refractivity contribution in [3.63, 3.8) is 0 Å². The Labute approximate surface area is 82.6 Å². The van der Waals surface area contributed by atoms with Crippen LogP contribution in [0.5, 0.6) is 0 Å². The molecule has 3 nitrogen and oxygen atoms in total. The second-order valence-electron chi connectivity index (χ2n) is 3.26. The number of aryl methyl sites for hydroxylation is 1. The first kappa shape index (κ1) is 8.97. The SMILES string of the molecule is Cn1cc(-c2ccc(CO)cc2)cn1. The second-order valence-corrected chi connectivity index (χ2v) is 3.26. The topological polar surface area (TPSA) is 38.0 Å². The maximum atomic E-state index is 8.89. The fraction of sp³-hybridized carbons (Fsp3) is 0.182. The van der Waals surface area contributed by atoms with Crippen LogP contribution in [0.2, 0.25) is 0 Å². The molecule has 1 heterocycles.